The zero-order chi connectivity index (χ0) is 11.3. The highest BCUT2D eigenvalue weighted by molar-refractivity contribution is 8.01. The number of ether oxygens (including phenoxy) is 1. The first-order chi connectivity index (χ1) is 7.17. The summed E-state index contributed by atoms with van der Waals surface area (Å²) in [6.07, 6.45) is 0.647. The average Bonchev–Trinajstić information content (AvgIpc) is 2.56. The van der Waals surface area contributed by atoms with Gasteiger partial charge in [-0.3, -0.25) is 9.59 Å². The van der Waals surface area contributed by atoms with Crippen molar-refractivity contribution in [1.82, 2.24) is 4.98 Å². The number of hydrogen-bond acceptors (Lipinski definition) is 6. The second kappa shape index (κ2) is 6.09. The van der Waals surface area contributed by atoms with Gasteiger partial charge in [0, 0.05) is 0 Å². The Labute approximate surface area is 100.0 Å². The van der Waals surface area contributed by atoms with E-state index in [-0.39, 0.29) is 16.9 Å². The van der Waals surface area contributed by atoms with Gasteiger partial charge in [-0.25, -0.2) is 4.98 Å². The zero-order valence-electron chi connectivity index (χ0n) is 7.86. The summed E-state index contributed by atoms with van der Waals surface area (Å²) in [4.78, 5) is 25.8. The smallest absolute Gasteiger partial charge is 0.316 e. The first-order valence-electron chi connectivity index (χ1n) is 4.07. The molecule has 0 atom stereocenters. The van der Waals surface area contributed by atoms with E-state index in [0.717, 1.165) is 11.3 Å². The molecule has 1 heterocycles. The third kappa shape index (κ3) is 3.81. The van der Waals surface area contributed by atoms with Gasteiger partial charge in [0.25, 0.3) is 0 Å². The molecule has 0 N–H and O–H groups in total. The fraction of sp³-hybridized carbons (Fsp3) is 0.375. The number of carbonyl (C=O) groups excluding carboxylic acids is 2. The molecule has 0 aliphatic carbocycles. The number of aldehydes is 1. The number of carbonyl (C=O) groups is 2. The fourth-order valence-corrected chi connectivity index (χ4v) is 2.76. The molecule has 0 fully saturated rings. The lowest BCUT2D eigenvalue weighted by molar-refractivity contribution is -0.139. The Morgan fingerprint density at radius 2 is 2.47 bits per heavy atom. The topological polar surface area (TPSA) is 56.3 Å². The van der Waals surface area contributed by atoms with Crippen LogP contribution >= 0.6 is 34.7 Å². The van der Waals surface area contributed by atoms with E-state index in [0.29, 0.717) is 22.1 Å². The van der Waals surface area contributed by atoms with E-state index >= 15 is 0 Å². The van der Waals surface area contributed by atoms with Gasteiger partial charge in [-0.1, -0.05) is 23.4 Å². The van der Waals surface area contributed by atoms with Crippen molar-refractivity contribution in [2.75, 3.05) is 12.4 Å². The molecule has 15 heavy (non-hydrogen) atoms. The molecule has 0 spiro atoms. The zero-order valence-corrected chi connectivity index (χ0v) is 10.2. The second-order valence-corrected chi connectivity index (χ2v) is 4.96. The summed E-state index contributed by atoms with van der Waals surface area (Å²) in [5.74, 6) is -0.128. The van der Waals surface area contributed by atoms with Gasteiger partial charge in [0.05, 0.1) is 12.4 Å². The molecule has 0 aliphatic rings. The van der Waals surface area contributed by atoms with Crippen LogP contribution in [-0.2, 0) is 9.53 Å². The molecule has 0 radical (unpaired) electrons. The standard InChI is InChI=1S/C8H8ClNO3S2/c1-2-13-6(12)4-14-8-10-7(9)5(3-11)15-8/h3H,2,4H2,1H3. The fourth-order valence-electron chi connectivity index (χ4n) is 0.752. The van der Waals surface area contributed by atoms with Gasteiger partial charge in [0.15, 0.2) is 15.8 Å². The van der Waals surface area contributed by atoms with Crippen molar-refractivity contribution < 1.29 is 14.3 Å². The van der Waals surface area contributed by atoms with E-state index in [1.165, 1.54) is 11.8 Å². The minimum Gasteiger partial charge on any atom is -0.465 e. The van der Waals surface area contributed by atoms with Crippen LogP contribution in [0.15, 0.2) is 4.34 Å². The number of thioether (sulfide) groups is 1. The SMILES string of the molecule is CCOC(=O)CSc1nc(Cl)c(C=O)s1. The minimum absolute atomic E-state index is 0.177. The van der Waals surface area contributed by atoms with Crippen LogP contribution in [-0.4, -0.2) is 29.6 Å². The first kappa shape index (κ1) is 12.5. The van der Waals surface area contributed by atoms with Gasteiger partial charge in [0.1, 0.15) is 4.88 Å². The Morgan fingerprint density at radius 3 is 3.00 bits per heavy atom. The van der Waals surface area contributed by atoms with Crippen molar-refractivity contribution in [2.24, 2.45) is 0 Å². The maximum atomic E-state index is 11.0. The van der Waals surface area contributed by atoms with Crippen LogP contribution in [0, 0.1) is 0 Å². The molecule has 1 rings (SSSR count). The summed E-state index contributed by atoms with van der Waals surface area (Å²) in [5.41, 5.74) is 0. The number of thiazole rings is 1. The van der Waals surface area contributed by atoms with Crippen molar-refractivity contribution in [2.45, 2.75) is 11.3 Å². The van der Waals surface area contributed by atoms with Gasteiger partial charge in [-0.2, -0.15) is 0 Å². The van der Waals surface area contributed by atoms with E-state index in [2.05, 4.69) is 4.98 Å². The number of rotatable bonds is 5. The molecular formula is C8H8ClNO3S2. The Balaban J connectivity index is 2.50. The third-order valence-electron chi connectivity index (χ3n) is 1.32. The van der Waals surface area contributed by atoms with Crippen LogP contribution in [0.2, 0.25) is 5.15 Å². The monoisotopic (exact) mass is 265 g/mol. The number of nitrogens with zero attached hydrogens (tertiary/aromatic N) is 1. The molecule has 0 saturated heterocycles. The Morgan fingerprint density at radius 1 is 1.73 bits per heavy atom. The molecule has 0 saturated carbocycles. The number of aromatic nitrogens is 1. The van der Waals surface area contributed by atoms with Gasteiger partial charge >= 0.3 is 5.97 Å². The third-order valence-corrected chi connectivity index (χ3v) is 3.81. The summed E-state index contributed by atoms with van der Waals surface area (Å²) in [6, 6.07) is 0. The molecule has 7 heteroatoms. The van der Waals surface area contributed by atoms with Crippen LogP contribution in [0.5, 0.6) is 0 Å². The van der Waals surface area contributed by atoms with E-state index in [1.807, 2.05) is 0 Å². The van der Waals surface area contributed by atoms with E-state index in [4.69, 9.17) is 16.3 Å². The first-order valence-corrected chi connectivity index (χ1v) is 6.25. The molecule has 0 unspecified atom stereocenters. The molecule has 0 amide bonds. The highest BCUT2D eigenvalue weighted by atomic mass is 35.5. The number of halogens is 1. The van der Waals surface area contributed by atoms with Crippen LogP contribution < -0.4 is 0 Å². The van der Waals surface area contributed by atoms with E-state index < -0.39 is 0 Å². The summed E-state index contributed by atoms with van der Waals surface area (Å²) in [7, 11) is 0. The van der Waals surface area contributed by atoms with Crippen molar-refractivity contribution in [3.05, 3.63) is 10.0 Å². The second-order valence-electron chi connectivity index (χ2n) is 2.35. The molecule has 1 aromatic heterocycles. The lowest BCUT2D eigenvalue weighted by Crippen LogP contribution is -2.06. The van der Waals surface area contributed by atoms with E-state index in [9.17, 15) is 9.59 Å². The Bertz CT molecular complexity index is 367. The number of esters is 1. The largest absolute Gasteiger partial charge is 0.465 e. The predicted octanol–water partition coefficient (Wildman–Crippen LogP) is 2.26. The highest BCUT2D eigenvalue weighted by Gasteiger charge is 2.10. The molecule has 0 bridgehead atoms. The summed E-state index contributed by atoms with van der Waals surface area (Å²) in [5, 5.41) is 0.182. The molecule has 1 aromatic rings. The maximum absolute atomic E-state index is 11.0. The lowest BCUT2D eigenvalue weighted by atomic mass is 10.6. The van der Waals surface area contributed by atoms with Crippen LogP contribution in [0.4, 0.5) is 0 Å². The van der Waals surface area contributed by atoms with Gasteiger partial charge in [-0.05, 0) is 6.92 Å². The average molecular weight is 266 g/mol. The molecular weight excluding hydrogens is 258 g/mol. The molecule has 0 aliphatic heterocycles. The van der Waals surface area contributed by atoms with Crippen molar-refractivity contribution in [1.29, 1.82) is 0 Å². The molecule has 4 nitrogen and oxygen atoms in total. The van der Waals surface area contributed by atoms with Crippen molar-refractivity contribution in [3.8, 4) is 0 Å². The van der Waals surface area contributed by atoms with Gasteiger partial charge in [-0.15, -0.1) is 11.3 Å². The van der Waals surface area contributed by atoms with Gasteiger partial charge in [0.2, 0.25) is 0 Å². The summed E-state index contributed by atoms with van der Waals surface area (Å²) >= 11 is 8.03. The van der Waals surface area contributed by atoms with Crippen LogP contribution in [0.3, 0.4) is 0 Å². The van der Waals surface area contributed by atoms with Crippen LogP contribution in [0.1, 0.15) is 16.6 Å². The Hall–Kier alpha value is -0.590. The lowest BCUT2D eigenvalue weighted by Gasteiger charge is -1.98. The van der Waals surface area contributed by atoms with Crippen molar-refractivity contribution in [3.63, 3.8) is 0 Å². The summed E-state index contributed by atoms with van der Waals surface area (Å²) in [6.45, 7) is 2.10. The quantitative estimate of drug-likeness (QED) is 0.464. The van der Waals surface area contributed by atoms with Gasteiger partial charge < -0.3 is 4.74 Å². The van der Waals surface area contributed by atoms with Crippen LogP contribution in [0.25, 0.3) is 0 Å². The molecule has 82 valence electrons. The maximum Gasteiger partial charge on any atom is 0.316 e. The normalized spacial score (nSPS) is 10.0. The molecule has 0 aromatic carbocycles. The minimum atomic E-state index is -0.304. The predicted molar refractivity (Wildman–Crippen MR) is 59.9 cm³/mol. The Kier molecular flexibility index (Phi) is 5.07. The van der Waals surface area contributed by atoms with Crippen molar-refractivity contribution >= 4 is 47.0 Å². The highest BCUT2D eigenvalue weighted by Crippen LogP contribution is 2.28. The van der Waals surface area contributed by atoms with E-state index in [1.54, 1.807) is 6.92 Å². The summed E-state index contributed by atoms with van der Waals surface area (Å²) < 4.78 is 5.33. The number of hydrogen-bond donors (Lipinski definition) is 0.